The number of benzene rings is 2. The first-order valence-electron chi connectivity index (χ1n) is 7.32. The van der Waals surface area contributed by atoms with Crippen molar-refractivity contribution in [2.24, 2.45) is 0 Å². The normalized spacial score (nSPS) is 11.0. The summed E-state index contributed by atoms with van der Waals surface area (Å²) >= 11 is 3.19. The zero-order valence-corrected chi connectivity index (χ0v) is 16.1. The van der Waals surface area contributed by atoms with Crippen molar-refractivity contribution < 1.29 is 17.9 Å². The molecule has 0 atom stereocenters. The van der Waals surface area contributed by atoms with E-state index in [1.54, 1.807) is 38.5 Å². The highest BCUT2D eigenvalue weighted by molar-refractivity contribution is 9.10. The Balaban J connectivity index is 2.12. The first-order chi connectivity index (χ1) is 11.9. The van der Waals surface area contributed by atoms with E-state index in [1.807, 2.05) is 12.1 Å². The highest BCUT2D eigenvalue weighted by atomic mass is 79.9. The van der Waals surface area contributed by atoms with Crippen LogP contribution >= 0.6 is 15.9 Å². The minimum absolute atomic E-state index is 0.0447. The van der Waals surface area contributed by atoms with Crippen molar-refractivity contribution in [3.05, 3.63) is 52.0 Å². The molecular formula is C17H17BrN2O4S. The second-order valence-corrected chi connectivity index (χ2v) is 7.65. The van der Waals surface area contributed by atoms with E-state index in [4.69, 9.17) is 9.47 Å². The van der Waals surface area contributed by atoms with Gasteiger partial charge < -0.3 is 9.47 Å². The molecule has 25 heavy (non-hydrogen) atoms. The Morgan fingerprint density at radius 3 is 2.52 bits per heavy atom. The Kier molecular flexibility index (Phi) is 6.42. The lowest BCUT2D eigenvalue weighted by atomic mass is 10.1. The van der Waals surface area contributed by atoms with Gasteiger partial charge in [0, 0.05) is 11.0 Å². The Hall–Kier alpha value is -2.08. The van der Waals surface area contributed by atoms with E-state index < -0.39 is 10.0 Å². The maximum absolute atomic E-state index is 12.5. The minimum atomic E-state index is -3.78. The first kappa shape index (κ1) is 19.2. The smallest absolute Gasteiger partial charge is 0.241 e. The fraction of sp³-hybridized carbons (Fsp3) is 0.235. The molecule has 0 aliphatic carbocycles. The van der Waals surface area contributed by atoms with Crippen LogP contribution in [0.2, 0.25) is 0 Å². The van der Waals surface area contributed by atoms with Crippen LogP contribution in [0.25, 0.3) is 0 Å². The van der Waals surface area contributed by atoms with Gasteiger partial charge in [-0.15, -0.1) is 0 Å². The van der Waals surface area contributed by atoms with E-state index in [9.17, 15) is 13.7 Å². The molecule has 2 aromatic rings. The monoisotopic (exact) mass is 424 g/mol. The van der Waals surface area contributed by atoms with E-state index in [1.165, 1.54) is 6.07 Å². The summed E-state index contributed by atoms with van der Waals surface area (Å²) in [5.41, 5.74) is 0.983. The Bertz CT molecular complexity index is 907. The molecule has 0 spiro atoms. The number of nitrogens with zero attached hydrogens (tertiary/aromatic N) is 1. The van der Waals surface area contributed by atoms with E-state index in [0.717, 1.165) is 5.56 Å². The number of methoxy groups -OCH3 is 2. The van der Waals surface area contributed by atoms with Crippen LogP contribution in [0, 0.1) is 11.3 Å². The minimum Gasteiger partial charge on any atom is -0.493 e. The first-order valence-corrected chi connectivity index (χ1v) is 9.59. The van der Waals surface area contributed by atoms with Gasteiger partial charge in [-0.05, 0) is 52.2 Å². The second kappa shape index (κ2) is 8.34. The lowest BCUT2D eigenvalue weighted by molar-refractivity contribution is 0.354. The number of hydrogen-bond acceptors (Lipinski definition) is 5. The third-order valence-electron chi connectivity index (χ3n) is 3.53. The van der Waals surface area contributed by atoms with E-state index >= 15 is 0 Å². The molecule has 1 N–H and O–H groups in total. The van der Waals surface area contributed by atoms with Gasteiger partial charge in [0.25, 0.3) is 0 Å². The summed E-state index contributed by atoms with van der Waals surface area (Å²) in [7, 11) is -0.688. The van der Waals surface area contributed by atoms with Crippen molar-refractivity contribution >= 4 is 26.0 Å². The molecule has 0 bridgehead atoms. The number of nitrogens with one attached hydrogen (secondary N) is 1. The summed E-state index contributed by atoms with van der Waals surface area (Å²) in [5.74, 6) is 1.20. The molecule has 0 amide bonds. The average molecular weight is 425 g/mol. The molecule has 0 saturated carbocycles. The van der Waals surface area contributed by atoms with Gasteiger partial charge in [-0.2, -0.15) is 5.26 Å². The predicted octanol–water partition coefficient (Wildman–Crippen LogP) is 2.86. The number of rotatable bonds is 7. The third-order valence-corrected chi connectivity index (χ3v) is 5.69. The molecule has 2 aromatic carbocycles. The number of halogens is 1. The summed E-state index contributed by atoms with van der Waals surface area (Å²) in [6.45, 7) is 0.190. The van der Waals surface area contributed by atoms with Crippen LogP contribution in [0.5, 0.6) is 11.5 Å². The SMILES string of the molecule is COc1ccc(CCNS(=O)(=O)c2cccc(Br)c2C#N)cc1OC. The molecule has 0 aliphatic rings. The summed E-state index contributed by atoms with van der Waals surface area (Å²) in [5, 5.41) is 9.18. The largest absolute Gasteiger partial charge is 0.493 e. The van der Waals surface area contributed by atoms with Crippen molar-refractivity contribution in [1.29, 1.82) is 5.26 Å². The summed E-state index contributed by atoms with van der Waals surface area (Å²) in [6, 6.07) is 11.9. The average Bonchev–Trinajstić information content (AvgIpc) is 2.61. The van der Waals surface area contributed by atoms with Crippen LogP contribution in [0.4, 0.5) is 0 Å². The van der Waals surface area contributed by atoms with Crippen LogP contribution < -0.4 is 14.2 Å². The molecule has 0 fully saturated rings. The maximum Gasteiger partial charge on any atom is 0.241 e. The maximum atomic E-state index is 12.5. The molecule has 0 unspecified atom stereocenters. The van der Waals surface area contributed by atoms with Gasteiger partial charge in [-0.3, -0.25) is 0 Å². The van der Waals surface area contributed by atoms with E-state index in [0.29, 0.717) is 22.4 Å². The van der Waals surface area contributed by atoms with Crippen molar-refractivity contribution in [3.63, 3.8) is 0 Å². The number of sulfonamides is 1. The van der Waals surface area contributed by atoms with Gasteiger partial charge in [0.05, 0.1) is 19.8 Å². The van der Waals surface area contributed by atoms with Gasteiger partial charge >= 0.3 is 0 Å². The highest BCUT2D eigenvalue weighted by Crippen LogP contribution is 2.28. The quantitative estimate of drug-likeness (QED) is 0.737. The summed E-state index contributed by atoms with van der Waals surface area (Å²) < 4.78 is 38.3. The molecule has 8 heteroatoms. The summed E-state index contributed by atoms with van der Waals surface area (Å²) in [4.78, 5) is -0.0447. The van der Waals surface area contributed by atoms with Gasteiger partial charge in [0.15, 0.2) is 11.5 Å². The van der Waals surface area contributed by atoms with Crippen LogP contribution in [-0.4, -0.2) is 29.2 Å². The molecule has 0 saturated heterocycles. The highest BCUT2D eigenvalue weighted by Gasteiger charge is 2.19. The molecule has 0 aliphatic heterocycles. The molecule has 2 rings (SSSR count). The fourth-order valence-electron chi connectivity index (χ4n) is 2.28. The van der Waals surface area contributed by atoms with Crippen molar-refractivity contribution in [2.45, 2.75) is 11.3 Å². The molecule has 0 heterocycles. The number of ether oxygens (including phenoxy) is 2. The van der Waals surface area contributed by atoms with Crippen molar-refractivity contribution in [1.82, 2.24) is 4.72 Å². The molecule has 6 nitrogen and oxygen atoms in total. The van der Waals surface area contributed by atoms with Crippen LogP contribution in [-0.2, 0) is 16.4 Å². The fourth-order valence-corrected chi connectivity index (χ4v) is 4.07. The van der Waals surface area contributed by atoms with Crippen LogP contribution in [0.15, 0.2) is 45.8 Å². The lowest BCUT2D eigenvalue weighted by Gasteiger charge is -2.11. The number of nitriles is 1. The van der Waals surface area contributed by atoms with Gasteiger partial charge in [0.2, 0.25) is 10.0 Å². The van der Waals surface area contributed by atoms with E-state index in [-0.39, 0.29) is 17.0 Å². The van der Waals surface area contributed by atoms with E-state index in [2.05, 4.69) is 20.7 Å². The van der Waals surface area contributed by atoms with Crippen LogP contribution in [0.3, 0.4) is 0 Å². The Labute approximate surface area is 155 Å². The Morgan fingerprint density at radius 2 is 1.88 bits per heavy atom. The lowest BCUT2D eigenvalue weighted by Crippen LogP contribution is -2.26. The zero-order valence-electron chi connectivity index (χ0n) is 13.7. The van der Waals surface area contributed by atoms with Gasteiger partial charge in [-0.25, -0.2) is 13.1 Å². The predicted molar refractivity (Wildman–Crippen MR) is 97.3 cm³/mol. The molecule has 0 radical (unpaired) electrons. The second-order valence-electron chi connectivity index (χ2n) is 5.06. The zero-order chi connectivity index (χ0) is 18.4. The summed E-state index contributed by atoms with van der Waals surface area (Å²) in [6.07, 6.45) is 0.468. The Morgan fingerprint density at radius 1 is 1.16 bits per heavy atom. The molecule has 132 valence electrons. The molecule has 0 aromatic heterocycles. The van der Waals surface area contributed by atoms with Gasteiger partial charge in [-0.1, -0.05) is 12.1 Å². The van der Waals surface area contributed by atoms with Gasteiger partial charge in [0.1, 0.15) is 11.0 Å². The standard InChI is InChI=1S/C17H17BrN2O4S/c1-23-15-7-6-12(10-16(15)24-2)8-9-20-25(21,22)17-5-3-4-14(18)13(17)11-19/h3-7,10,20H,8-9H2,1-2H3. The number of hydrogen-bond donors (Lipinski definition) is 1. The topological polar surface area (TPSA) is 88.4 Å². The van der Waals surface area contributed by atoms with Crippen molar-refractivity contribution in [2.75, 3.05) is 20.8 Å². The third kappa shape index (κ3) is 4.51. The van der Waals surface area contributed by atoms with Crippen molar-refractivity contribution in [3.8, 4) is 17.6 Å². The molecular weight excluding hydrogens is 408 g/mol. The van der Waals surface area contributed by atoms with Crippen LogP contribution in [0.1, 0.15) is 11.1 Å².